The molecule has 1 aromatic carbocycles. The molecule has 2 N–H and O–H groups in total. The lowest BCUT2D eigenvalue weighted by atomic mass is 10.1. The molecule has 0 saturated carbocycles. The maximum atomic E-state index is 12.5. The summed E-state index contributed by atoms with van der Waals surface area (Å²) in [6.45, 7) is 0.630. The summed E-state index contributed by atoms with van der Waals surface area (Å²) in [5, 5.41) is 1.71. The molecule has 4 rings (SSSR count). The Morgan fingerprint density at radius 1 is 1.20 bits per heavy atom. The molecule has 12 heteroatoms. The fraction of sp³-hybridized carbons (Fsp3) is 0.333. The number of hydrogen-bond donors (Lipinski definition) is 2. The fourth-order valence-corrected chi connectivity index (χ4v) is 7.00. The lowest BCUT2D eigenvalue weighted by Crippen LogP contribution is -2.47. The van der Waals surface area contributed by atoms with E-state index in [1.54, 1.807) is 40.6 Å². The van der Waals surface area contributed by atoms with Crippen LogP contribution in [0.25, 0.3) is 0 Å². The van der Waals surface area contributed by atoms with Crippen LogP contribution in [-0.4, -0.2) is 59.2 Å². The highest BCUT2D eigenvalue weighted by Crippen LogP contribution is 2.22. The molecule has 0 spiro atoms. The van der Waals surface area contributed by atoms with Gasteiger partial charge in [0.25, 0.3) is 10.0 Å². The number of sulfonamides is 2. The van der Waals surface area contributed by atoms with Crippen molar-refractivity contribution in [3.8, 4) is 0 Å². The van der Waals surface area contributed by atoms with Crippen molar-refractivity contribution in [3.63, 3.8) is 0 Å². The summed E-state index contributed by atoms with van der Waals surface area (Å²) >= 11 is 1.16. The molecular weight excluding hydrogens is 448 g/mol. The van der Waals surface area contributed by atoms with E-state index in [9.17, 15) is 21.6 Å². The van der Waals surface area contributed by atoms with Gasteiger partial charge in [-0.1, -0.05) is 18.2 Å². The number of nitrogens with zero attached hydrogens (tertiary/aromatic N) is 2. The summed E-state index contributed by atoms with van der Waals surface area (Å²) < 4.78 is 54.2. The normalized spacial score (nSPS) is 20.1. The van der Waals surface area contributed by atoms with Gasteiger partial charge in [-0.15, -0.1) is 11.3 Å². The third-order valence-electron chi connectivity index (χ3n) is 4.96. The quantitative estimate of drug-likeness (QED) is 0.670. The van der Waals surface area contributed by atoms with Gasteiger partial charge in [-0.25, -0.2) is 21.6 Å². The molecule has 160 valence electrons. The Hall–Kier alpha value is -2.28. The van der Waals surface area contributed by atoms with Crippen LogP contribution in [0.15, 0.2) is 55.9 Å². The molecule has 2 aliphatic rings. The summed E-state index contributed by atoms with van der Waals surface area (Å²) in [5.74, 6) is -0.0665. The summed E-state index contributed by atoms with van der Waals surface area (Å²) in [7, 11) is -7.18. The topological polar surface area (TPSA) is 125 Å². The van der Waals surface area contributed by atoms with Gasteiger partial charge in [0.2, 0.25) is 15.9 Å². The zero-order chi connectivity index (χ0) is 21.4. The van der Waals surface area contributed by atoms with E-state index in [1.165, 1.54) is 6.07 Å². The molecule has 9 nitrogen and oxygen atoms in total. The van der Waals surface area contributed by atoms with Gasteiger partial charge in [0.05, 0.1) is 4.90 Å². The minimum absolute atomic E-state index is 0.148. The van der Waals surface area contributed by atoms with Crippen molar-refractivity contribution < 1.29 is 21.6 Å². The first-order chi connectivity index (χ1) is 14.3. The standard InChI is InChI=1S/C18H20N4O5S3/c23-16(12-19-18-14-4-1-2-5-15(14)29(24,25)21-18)22-9-7-13(8-10-22)20-30(26,27)17-6-3-11-28-17/h1-6,11,13,20H,7-10,12H2,(H,19,21). The van der Waals surface area contributed by atoms with Crippen LogP contribution < -0.4 is 9.44 Å². The van der Waals surface area contributed by atoms with Gasteiger partial charge in [0, 0.05) is 24.7 Å². The molecule has 2 aromatic rings. The molecule has 0 aliphatic carbocycles. The monoisotopic (exact) mass is 468 g/mol. The summed E-state index contributed by atoms with van der Waals surface area (Å²) in [5.41, 5.74) is 0.451. The van der Waals surface area contributed by atoms with Gasteiger partial charge in [0.15, 0.2) is 0 Å². The number of amidine groups is 1. The SMILES string of the molecule is O=C(CN=C1NS(=O)(=O)c2ccccc21)N1CCC(NS(=O)(=O)c2cccs2)CC1. The number of carbonyl (C=O) groups is 1. The van der Waals surface area contributed by atoms with E-state index < -0.39 is 20.0 Å². The summed E-state index contributed by atoms with van der Waals surface area (Å²) in [6.07, 6.45) is 1.00. The lowest BCUT2D eigenvalue weighted by Gasteiger charge is -2.31. The Labute approximate surface area is 178 Å². The zero-order valence-electron chi connectivity index (χ0n) is 15.8. The van der Waals surface area contributed by atoms with Crippen LogP contribution in [0.1, 0.15) is 18.4 Å². The van der Waals surface area contributed by atoms with E-state index in [4.69, 9.17) is 0 Å². The molecule has 1 aromatic heterocycles. The van der Waals surface area contributed by atoms with Crippen LogP contribution in [0.2, 0.25) is 0 Å². The van der Waals surface area contributed by atoms with Gasteiger partial charge in [-0.05, 0) is 36.4 Å². The summed E-state index contributed by atoms with van der Waals surface area (Å²) in [6, 6.07) is 9.47. The van der Waals surface area contributed by atoms with E-state index in [2.05, 4.69) is 14.4 Å². The molecular formula is C18H20N4O5S3. The van der Waals surface area contributed by atoms with Crippen LogP contribution in [0, 0.1) is 0 Å². The number of nitrogens with one attached hydrogen (secondary N) is 2. The molecule has 0 radical (unpaired) electrons. The third kappa shape index (κ3) is 4.26. The predicted octanol–water partition coefficient (Wildman–Crippen LogP) is 0.756. The lowest BCUT2D eigenvalue weighted by molar-refractivity contribution is -0.130. The van der Waals surface area contributed by atoms with Crippen molar-refractivity contribution in [2.24, 2.45) is 4.99 Å². The average Bonchev–Trinajstić information content (AvgIpc) is 3.34. The molecule has 3 heterocycles. The van der Waals surface area contributed by atoms with Gasteiger partial charge in [-0.3, -0.25) is 14.5 Å². The van der Waals surface area contributed by atoms with Crippen molar-refractivity contribution in [1.29, 1.82) is 0 Å². The van der Waals surface area contributed by atoms with E-state index in [0.29, 0.717) is 31.5 Å². The Morgan fingerprint density at radius 3 is 2.63 bits per heavy atom. The zero-order valence-corrected chi connectivity index (χ0v) is 18.3. The molecule has 1 saturated heterocycles. The third-order valence-corrected chi connectivity index (χ3v) is 9.28. The number of likely N-dealkylation sites (tertiary alicyclic amines) is 1. The Kier molecular flexibility index (Phi) is 5.66. The second kappa shape index (κ2) is 8.10. The molecule has 0 atom stereocenters. The van der Waals surface area contributed by atoms with Crippen molar-refractivity contribution in [2.75, 3.05) is 19.6 Å². The van der Waals surface area contributed by atoms with Gasteiger partial charge < -0.3 is 4.90 Å². The summed E-state index contributed by atoms with van der Waals surface area (Å²) in [4.78, 5) is 18.5. The maximum absolute atomic E-state index is 12.5. The number of hydrogen-bond acceptors (Lipinski definition) is 7. The van der Waals surface area contributed by atoms with E-state index in [-0.39, 0.29) is 33.4 Å². The predicted molar refractivity (Wildman–Crippen MR) is 112 cm³/mol. The van der Waals surface area contributed by atoms with Crippen molar-refractivity contribution in [2.45, 2.75) is 28.0 Å². The minimum Gasteiger partial charge on any atom is -0.341 e. The number of fused-ring (bicyclic) bond motifs is 1. The number of piperidine rings is 1. The number of rotatable bonds is 5. The van der Waals surface area contributed by atoms with Crippen molar-refractivity contribution in [3.05, 3.63) is 47.3 Å². The van der Waals surface area contributed by atoms with Gasteiger partial charge in [-0.2, -0.15) is 0 Å². The number of carbonyl (C=O) groups excluding carboxylic acids is 1. The smallest absolute Gasteiger partial charge is 0.263 e. The first-order valence-corrected chi connectivity index (χ1v) is 13.1. The molecule has 2 aliphatic heterocycles. The fourth-order valence-electron chi connectivity index (χ4n) is 3.44. The van der Waals surface area contributed by atoms with Crippen LogP contribution in [-0.2, 0) is 24.8 Å². The Balaban J connectivity index is 1.34. The van der Waals surface area contributed by atoms with Gasteiger partial charge >= 0.3 is 0 Å². The number of aliphatic imine (C=N–C) groups is 1. The molecule has 0 unspecified atom stereocenters. The number of benzene rings is 1. The van der Waals surface area contributed by atoms with E-state index >= 15 is 0 Å². The molecule has 0 bridgehead atoms. The average molecular weight is 469 g/mol. The van der Waals surface area contributed by atoms with E-state index in [0.717, 1.165) is 11.3 Å². The van der Waals surface area contributed by atoms with Crippen molar-refractivity contribution in [1.82, 2.24) is 14.3 Å². The van der Waals surface area contributed by atoms with Crippen LogP contribution >= 0.6 is 11.3 Å². The molecule has 1 fully saturated rings. The number of thiophene rings is 1. The van der Waals surface area contributed by atoms with Crippen LogP contribution in [0.4, 0.5) is 0 Å². The molecule has 1 amide bonds. The van der Waals surface area contributed by atoms with Crippen molar-refractivity contribution >= 4 is 43.1 Å². The van der Waals surface area contributed by atoms with Crippen LogP contribution in [0.3, 0.4) is 0 Å². The van der Waals surface area contributed by atoms with E-state index in [1.807, 2.05) is 0 Å². The minimum atomic E-state index is -3.64. The largest absolute Gasteiger partial charge is 0.341 e. The Bertz CT molecular complexity index is 1180. The highest BCUT2D eigenvalue weighted by atomic mass is 32.2. The molecule has 30 heavy (non-hydrogen) atoms. The van der Waals surface area contributed by atoms with Crippen LogP contribution in [0.5, 0.6) is 0 Å². The second-order valence-electron chi connectivity index (χ2n) is 6.97. The maximum Gasteiger partial charge on any atom is 0.263 e. The second-order valence-corrected chi connectivity index (χ2v) is 11.5. The first-order valence-electron chi connectivity index (χ1n) is 9.26. The Morgan fingerprint density at radius 2 is 1.93 bits per heavy atom. The highest BCUT2D eigenvalue weighted by molar-refractivity contribution is 7.91. The first kappa shape index (κ1) is 21.0. The number of amides is 1. The highest BCUT2D eigenvalue weighted by Gasteiger charge is 2.31. The van der Waals surface area contributed by atoms with Gasteiger partial charge in [0.1, 0.15) is 16.6 Å².